The van der Waals surface area contributed by atoms with Gasteiger partial charge in [0, 0.05) is 32.1 Å². The molecule has 4 nitrogen and oxygen atoms in total. The van der Waals surface area contributed by atoms with Crippen LogP contribution in [0, 0.1) is 17.3 Å². The lowest BCUT2D eigenvalue weighted by Gasteiger charge is -2.46. The molecular formula is C20H32N2O2. The van der Waals surface area contributed by atoms with Crippen LogP contribution in [0.4, 0.5) is 0 Å². The SMILES string of the molecule is O=C(C1CC1)N1CCC[C@H](C(=O)N2CCCC3(CCCCC3)C2)C1. The Morgan fingerprint density at radius 1 is 0.708 bits per heavy atom. The van der Waals surface area contributed by atoms with Gasteiger partial charge >= 0.3 is 0 Å². The number of piperidine rings is 2. The lowest BCUT2D eigenvalue weighted by Crippen LogP contribution is -2.52. The molecule has 2 aliphatic carbocycles. The zero-order chi connectivity index (χ0) is 16.6. The van der Waals surface area contributed by atoms with E-state index in [2.05, 4.69) is 4.90 Å². The van der Waals surface area contributed by atoms with Gasteiger partial charge in [-0.1, -0.05) is 19.3 Å². The number of hydrogen-bond donors (Lipinski definition) is 0. The van der Waals surface area contributed by atoms with Crippen molar-refractivity contribution in [3.05, 3.63) is 0 Å². The fraction of sp³-hybridized carbons (Fsp3) is 0.900. The molecule has 0 aromatic heterocycles. The second-order valence-corrected chi connectivity index (χ2v) is 8.82. The van der Waals surface area contributed by atoms with Gasteiger partial charge in [-0.15, -0.1) is 0 Å². The Balaban J connectivity index is 1.38. The maximum Gasteiger partial charge on any atom is 0.227 e. The van der Waals surface area contributed by atoms with E-state index in [4.69, 9.17) is 0 Å². The molecule has 2 saturated carbocycles. The normalized spacial score (nSPS) is 30.4. The van der Waals surface area contributed by atoms with Crippen molar-refractivity contribution in [2.24, 2.45) is 17.3 Å². The van der Waals surface area contributed by atoms with Crippen LogP contribution in [0.5, 0.6) is 0 Å². The van der Waals surface area contributed by atoms with Crippen molar-refractivity contribution in [2.45, 2.75) is 70.6 Å². The van der Waals surface area contributed by atoms with Crippen LogP contribution in [-0.2, 0) is 9.59 Å². The fourth-order valence-corrected chi connectivity index (χ4v) is 5.33. The molecule has 2 aliphatic heterocycles. The molecule has 1 atom stereocenters. The molecule has 0 radical (unpaired) electrons. The Morgan fingerprint density at radius 3 is 2.12 bits per heavy atom. The van der Waals surface area contributed by atoms with Gasteiger partial charge in [-0.3, -0.25) is 9.59 Å². The predicted octanol–water partition coefficient (Wildman–Crippen LogP) is 3.21. The number of carbonyl (C=O) groups is 2. The quantitative estimate of drug-likeness (QED) is 0.779. The summed E-state index contributed by atoms with van der Waals surface area (Å²) in [7, 11) is 0. The standard InChI is InChI=1S/C20H32N2O2/c23-18(16-7-8-16)21-12-4-6-17(14-21)19(24)22-13-5-11-20(15-22)9-2-1-3-10-20/h16-17H,1-15H2/t17-/m0/s1. The summed E-state index contributed by atoms with van der Waals surface area (Å²) >= 11 is 0. The van der Waals surface area contributed by atoms with Crippen molar-refractivity contribution in [1.29, 1.82) is 0 Å². The molecule has 24 heavy (non-hydrogen) atoms. The average molecular weight is 332 g/mol. The monoisotopic (exact) mass is 332 g/mol. The predicted molar refractivity (Wildman–Crippen MR) is 93.4 cm³/mol. The van der Waals surface area contributed by atoms with Crippen molar-refractivity contribution in [2.75, 3.05) is 26.2 Å². The van der Waals surface area contributed by atoms with E-state index in [9.17, 15) is 9.59 Å². The van der Waals surface area contributed by atoms with E-state index < -0.39 is 0 Å². The van der Waals surface area contributed by atoms with Crippen LogP contribution in [0.15, 0.2) is 0 Å². The zero-order valence-corrected chi connectivity index (χ0v) is 15.0. The van der Waals surface area contributed by atoms with Gasteiger partial charge < -0.3 is 9.80 Å². The first-order chi connectivity index (χ1) is 11.7. The Kier molecular flexibility index (Phi) is 4.57. The smallest absolute Gasteiger partial charge is 0.227 e. The summed E-state index contributed by atoms with van der Waals surface area (Å²) in [6, 6.07) is 0. The first-order valence-electron chi connectivity index (χ1n) is 10.2. The Morgan fingerprint density at radius 2 is 1.38 bits per heavy atom. The van der Waals surface area contributed by atoms with E-state index in [0.29, 0.717) is 23.8 Å². The topological polar surface area (TPSA) is 40.6 Å². The van der Waals surface area contributed by atoms with Crippen LogP contribution in [0.3, 0.4) is 0 Å². The Labute approximate surface area is 145 Å². The lowest BCUT2D eigenvalue weighted by molar-refractivity contribution is -0.144. The van der Waals surface area contributed by atoms with E-state index >= 15 is 0 Å². The van der Waals surface area contributed by atoms with Gasteiger partial charge in [0.15, 0.2) is 0 Å². The summed E-state index contributed by atoms with van der Waals surface area (Å²) in [5.74, 6) is 0.988. The van der Waals surface area contributed by atoms with Crippen molar-refractivity contribution in [1.82, 2.24) is 9.80 Å². The van der Waals surface area contributed by atoms with Crippen LogP contribution in [0.25, 0.3) is 0 Å². The summed E-state index contributed by atoms with van der Waals surface area (Å²) in [6.07, 6.45) is 13.2. The van der Waals surface area contributed by atoms with E-state index in [1.165, 1.54) is 44.9 Å². The Bertz CT molecular complexity index is 488. The molecule has 134 valence electrons. The van der Waals surface area contributed by atoms with Crippen molar-refractivity contribution >= 4 is 11.8 Å². The third-order valence-electron chi connectivity index (χ3n) is 6.90. The summed E-state index contributed by atoms with van der Waals surface area (Å²) < 4.78 is 0. The number of rotatable bonds is 2. The Hall–Kier alpha value is -1.06. The molecule has 4 heteroatoms. The van der Waals surface area contributed by atoms with Gasteiger partial charge in [0.05, 0.1) is 5.92 Å². The average Bonchev–Trinajstić information content (AvgIpc) is 3.46. The van der Waals surface area contributed by atoms with Gasteiger partial charge in [0.25, 0.3) is 0 Å². The molecule has 2 amide bonds. The highest BCUT2D eigenvalue weighted by atomic mass is 16.2. The van der Waals surface area contributed by atoms with Gasteiger partial charge in [0.2, 0.25) is 11.8 Å². The number of hydrogen-bond acceptors (Lipinski definition) is 2. The maximum absolute atomic E-state index is 13.1. The second kappa shape index (κ2) is 6.68. The summed E-state index contributed by atoms with van der Waals surface area (Å²) in [4.78, 5) is 29.6. The van der Waals surface area contributed by atoms with Gasteiger partial charge in [-0.2, -0.15) is 0 Å². The lowest BCUT2D eigenvalue weighted by atomic mass is 9.69. The zero-order valence-electron chi connectivity index (χ0n) is 15.0. The molecule has 2 heterocycles. The van der Waals surface area contributed by atoms with Gasteiger partial charge in [-0.05, 0) is 56.8 Å². The molecule has 0 aromatic carbocycles. The molecule has 4 aliphatic rings. The molecule has 4 fully saturated rings. The van der Waals surface area contributed by atoms with Crippen molar-refractivity contribution in [3.8, 4) is 0 Å². The van der Waals surface area contributed by atoms with E-state index in [1.54, 1.807) is 0 Å². The molecule has 0 bridgehead atoms. The van der Waals surface area contributed by atoms with Crippen LogP contribution >= 0.6 is 0 Å². The highest BCUT2D eigenvalue weighted by molar-refractivity contribution is 5.83. The largest absolute Gasteiger partial charge is 0.342 e. The summed E-state index contributed by atoms with van der Waals surface area (Å²) in [6.45, 7) is 3.47. The molecule has 4 rings (SSSR count). The minimum Gasteiger partial charge on any atom is -0.342 e. The number of likely N-dealkylation sites (tertiary alicyclic amines) is 2. The molecular weight excluding hydrogens is 300 g/mol. The molecule has 2 saturated heterocycles. The fourth-order valence-electron chi connectivity index (χ4n) is 5.33. The minimum atomic E-state index is 0.0557. The molecule has 0 N–H and O–H groups in total. The molecule has 0 aromatic rings. The minimum absolute atomic E-state index is 0.0557. The van der Waals surface area contributed by atoms with Crippen molar-refractivity contribution < 1.29 is 9.59 Å². The first-order valence-corrected chi connectivity index (χ1v) is 10.2. The van der Waals surface area contributed by atoms with E-state index in [1.807, 2.05) is 4.90 Å². The number of amides is 2. The van der Waals surface area contributed by atoms with E-state index in [-0.39, 0.29) is 11.8 Å². The molecule has 0 unspecified atom stereocenters. The van der Waals surface area contributed by atoms with Crippen LogP contribution in [-0.4, -0.2) is 47.8 Å². The maximum atomic E-state index is 13.1. The number of nitrogens with zero attached hydrogens (tertiary/aromatic N) is 2. The highest BCUT2D eigenvalue weighted by Crippen LogP contribution is 2.43. The van der Waals surface area contributed by atoms with Gasteiger partial charge in [0.1, 0.15) is 0 Å². The summed E-state index contributed by atoms with van der Waals surface area (Å²) in [5, 5.41) is 0. The van der Waals surface area contributed by atoms with Crippen LogP contribution < -0.4 is 0 Å². The number of carbonyl (C=O) groups excluding carboxylic acids is 2. The summed E-state index contributed by atoms with van der Waals surface area (Å²) in [5.41, 5.74) is 0.421. The van der Waals surface area contributed by atoms with Gasteiger partial charge in [-0.25, -0.2) is 0 Å². The van der Waals surface area contributed by atoms with Crippen LogP contribution in [0.2, 0.25) is 0 Å². The highest BCUT2D eigenvalue weighted by Gasteiger charge is 2.41. The van der Waals surface area contributed by atoms with Crippen molar-refractivity contribution in [3.63, 3.8) is 0 Å². The van der Waals surface area contributed by atoms with Crippen LogP contribution in [0.1, 0.15) is 70.6 Å². The third kappa shape index (κ3) is 3.34. The first kappa shape index (κ1) is 16.4. The second-order valence-electron chi connectivity index (χ2n) is 8.82. The van der Waals surface area contributed by atoms with E-state index in [0.717, 1.165) is 45.3 Å². The third-order valence-corrected chi connectivity index (χ3v) is 6.90. The molecule has 1 spiro atoms.